The Morgan fingerprint density at radius 3 is 2.78 bits per heavy atom. The first-order valence-corrected chi connectivity index (χ1v) is 6.23. The summed E-state index contributed by atoms with van der Waals surface area (Å²) in [6.45, 7) is 4.04. The van der Waals surface area contributed by atoms with Crippen molar-refractivity contribution in [2.24, 2.45) is 0 Å². The molecule has 0 bridgehead atoms. The van der Waals surface area contributed by atoms with Crippen LogP contribution in [0.2, 0.25) is 0 Å². The van der Waals surface area contributed by atoms with Crippen molar-refractivity contribution in [3.63, 3.8) is 0 Å². The zero-order valence-electron chi connectivity index (χ0n) is 10.4. The normalized spacial score (nSPS) is 10.4. The van der Waals surface area contributed by atoms with Crippen molar-refractivity contribution in [3.05, 3.63) is 45.7 Å². The summed E-state index contributed by atoms with van der Waals surface area (Å²) < 4.78 is 7.38. The molecule has 0 saturated heterocycles. The Morgan fingerprint density at radius 1 is 1.39 bits per heavy atom. The van der Waals surface area contributed by atoms with E-state index in [1.165, 1.54) is 13.3 Å². The van der Waals surface area contributed by atoms with E-state index in [1.807, 2.05) is 26.0 Å². The largest absolute Gasteiger partial charge is 0.465 e. The van der Waals surface area contributed by atoms with E-state index in [1.54, 1.807) is 10.9 Å². The number of aromatic nitrogens is 2. The molecule has 0 aliphatic heterocycles. The lowest BCUT2D eigenvalue weighted by Crippen LogP contribution is -2.01. The number of esters is 1. The Labute approximate surface area is 114 Å². The first-order valence-electron chi connectivity index (χ1n) is 5.43. The Hall–Kier alpha value is -1.62. The van der Waals surface area contributed by atoms with Crippen LogP contribution in [0.4, 0.5) is 0 Å². The molecule has 2 aromatic rings. The maximum Gasteiger partial charge on any atom is 0.341 e. The first kappa shape index (κ1) is 12.8. The van der Waals surface area contributed by atoms with Crippen molar-refractivity contribution < 1.29 is 9.53 Å². The minimum absolute atomic E-state index is 0.384. The van der Waals surface area contributed by atoms with Gasteiger partial charge in [0.1, 0.15) is 0 Å². The molecule has 5 heteroatoms. The van der Waals surface area contributed by atoms with Gasteiger partial charge in [0.25, 0.3) is 0 Å². The monoisotopic (exact) mass is 308 g/mol. The summed E-state index contributed by atoms with van der Waals surface area (Å²) in [4.78, 5) is 11.4. The number of benzene rings is 1. The molecule has 0 aliphatic rings. The van der Waals surface area contributed by atoms with E-state index in [0.29, 0.717) is 5.56 Å². The van der Waals surface area contributed by atoms with Crippen LogP contribution < -0.4 is 0 Å². The molecule has 0 fully saturated rings. The van der Waals surface area contributed by atoms with E-state index in [4.69, 9.17) is 0 Å². The van der Waals surface area contributed by atoms with Crippen LogP contribution in [0.25, 0.3) is 5.69 Å². The second-order valence-corrected chi connectivity index (χ2v) is 4.80. The van der Waals surface area contributed by atoms with E-state index in [2.05, 4.69) is 25.8 Å². The fraction of sp³-hybridized carbons (Fsp3) is 0.231. The maximum atomic E-state index is 11.4. The molecule has 0 radical (unpaired) electrons. The molecule has 1 aromatic carbocycles. The van der Waals surface area contributed by atoms with Gasteiger partial charge in [-0.25, -0.2) is 9.48 Å². The van der Waals surface area contributed by atoms with Gasteiger partial charge in [0.2, 0.25) is 0 Å². The summed E-state index contributed by atoms with van der Waals surface area (Å²) in [6.07, 6.45) is 3.16. The molecule has 2 rings (SSSR count). The molecule has 0 saturated carbocycles. The molecular weight excluding hydrogens is 296 g/mol. The minimum Gasteiger partial charge on any atom is -0.465 e. The highest BCUT2D eigenvalue weighted by molar-refractivity contribution is 9.10. The highest BCUT2D eigenvalue weighted by Crippen LogP contribution is 2.26. The van der Waals surface area contributed by atoms with E-state index in [9.17, 15) is 4.79 Å². The number of carbonyl (C=O) groups excluding carboxylic acids is 1. The van der Waals surface area contributed by atoms with Crippen LogP contribution in [0.3, 0.4) is 0 Å². The lowest BCUT2D eigenvalue weighted by atomic mass is 10.1. The predicted octanol–water partition coefficient (Wildman–Crippen LogP) is 3.04. The lowest BCUT2D eigenvalue weighted by molar-refractivity contribution is 0.0600. The number of nitrogens with zero attached hydrogens (tertiary/aromatic N) is 2. The fourth-order valence-corrected chi connectivity index (χ4v) is 2.07. The van der Waals surface area contributed by atoms with E-state index < -0.39 is 0 Å². The number of ether oxygens (including phenoxy) is 1. The number of aryl methyl sites for hydroxylation is 1. The summed E-state index contributed by atoms with van der Waals surface area (Å²) in [5.74, 6) is -0.384. The van der Waals surface area contributed by atoms with Gasteiger partial charge in [-0.1, -0.05) is 22.0 Å². The summed E-state index contributed by atoms with van der Waals surface area (Å²) in [6, 6.07) is 3.98. The highest BCUT2D eigenvalue weighted by atomic mass is 79.9. The Balaban J connectivity index is 2.47. The fourth-order valence-electron chi connectivity index (χ4n) is 1.74. The van der Waals surface area contributed by atoms with Crippen molar-refractivity contribution in [1.82, 2.24) is 9.78 Å². The molecule has 0 unspecified atom stereocenters. The average Bonchev–Trinajstić information content (AvgIpc) is 2.84. The van der Waals surface area contributed by atoms with Crippen molar-refractivity contribution in [3.8, 4) is 5.69 Å². The molecule has 0 N–H and O–H groups in total. The quantitative estimate of drug-likeness (QED) is 0.801. The molecule has 1 heterocycles. The van der Waals surface area contributed by atoms with Crippen molar-refractivity contribution >= 4 is 21.9 Å². The van der Waals surface area contributed by atoms with Gasteiger partial charge in [0, 0.05) is 10.7 Å². The topological polar surface area (TPSA) is 44.1 Å². The van der Waals surface area contributed by atoms with Crippen LogP contribution in [0.15, 0.2) is 29.0 Å². The summed E-state index contributed by atoms with van der Waals surface area (Å²) >= 11 is 3.54. The van der Waals surface area contributed by atoms with Gasteiger partial charge in [-0.3, -0.25) is 0 Å². The zero-order valence-corrected chi connectivity index (χ0v) is 12.0. The highest BCUT2D eigenvalue weighted by Gasteiger charge is 2.12. The standard InChI is InChI=1S/C13H13BrN2O2/c1-8-4-5-11(9(2)12(8)14)16-7-10(6-15-16)13(17)18-3/h4-7H,1-3H3. The van der Waals surface area contributed by atoms with Gasteiger partial charge in [0.05, 0.1) is 24.6 Å². The van der Waals surface area contributed by atoms with Gasteiger partial charge >= 0.3 is 5.97 Å². The number of hydrogen-bond donors (Lipinski definition) is 0. The van der Waals surface area contributed by atoms with Gasteiger partial charge < -0.3 is 4.74 Å². The van der Waals surface area contributed by atoms with Crippen molar-refractivity contribution in [2.45, 2.75) is 13.8 Å². The minimum atomic E-state index is -0.384. The summed E-state index contributed by atoms with van der Waals surface area (Å²) in [5, 5.41) is 4.18. The van der Waals surface area contributed by atoms with E-state index >= 15 is 0 Å². The molecule has 4 nitrogen and oxygen atoms in total. The predicted molar refractivity (Wildman–Crippen MR) is 72.1 cm³/mol. The van der Waals surface area contributed by atoms with Gasteiger partial charge in [0.15, 0.2) is 0 Å². The van der Waals surface area contributed by atoms with E-state index in [-0.39, 0.29) is 5.97 Å². The van der Waals surface area contributed by atoms with Gasteiger partial charge in [-0.05, 0) is 31.0 Å². The van der Waals surface area contributed by atoms with Crippen LogP contribution in [0.1, 0.15) is 21.5 Å². The summed E-state index contributed by atoms with van der Waals surface area (Å²) in [7, 11) is 1.35. The van der Waals surface area contributed by atoms with Crippen LogP contribution in [-0.2, 0) is 4.74 Å². The Morgan fingerprint density at radius 2 is 2.11 bits per heavy atom. The smallest absolute Gasteiger partial charge is 0.341 e. The first-order chi connectivity index (χ1) is 8.54. The number of halogens is 1. The molecule has 0 amide bonds. The molecule has 0 atom stereocenters. The Kier molecular flexibility index (Phi) is 3.52. The SMILES string of the molecule is COC(=O)c1cnn(-c2ccc(C)c(Br)c2C)c1. The lowest BCUT2D eigenvalue weighted by Gasteiger charge is -2.09. The third-order valence-corrected chi connectivity index (χ3v) is 4.02. The molecule has 0 aliphatic carbocycles. The van der Waals surface area contributed by atoms with E-state index in [0.717, 1.165) is 21.3 Å². The molecule has 94 valence electrons. The third-order valence-electron chi connectivity index (χ3n) is 2.80. The van der Waals surface area contributed by atoms with Crippen LogP contribution in [-0.4, -0.2) is 22.9 Å². The second-order valence-electron chi connectivity index (χ2n) is 4.01. The molecule has 1 aromatic heterocycles. The molecule has 18 heavy (non-hydrogen) atoms. The number of rotatable bonds is 2. The van der Waals surface area contributed by atoms with Crippen LogP contribution in [0, 0.1) is 13.8 Å². The zero-order chi connectivity index (χ0) is 13.3. The third kappa shape index (κ3) is 2.18. The number of carbonyl (C=O) groups is 1. The van der Waals surface area contributed by atoms with Crippen LogP contribution >= 0.6 is 15.9 Å². The second kappa shape index (κ2) is 4.94. The average molecular weight is 309 g/mol. The molecular formula is C13H13BrN2O2. The van der Waals surface area contributed by atoms with Crippen molar-refractivity contribution in [2.75, 3.05) is 7.11 Å². The van der Waals surface area contributed by atoms with Crippen LogP contribution in [0.5, 0.6) is 0 Å². The van der Waals surface area contributed by atoms with Gasteiger partial charge in [-0.2, -0.15) is 5.10 Å². The van der Waals surface area contributed by atoms with Gasteiger partial charge in [-0.15, -0.1) is 0 Å². The summed E-state index contributed by atoms with van der Waals surface area (Å²) in [5.41, 5.74) is 3.61. The Bertz CT molecular complexity index is 605. The molecule has 0 spiro atoms. The number of hydrogen-bond acceptors (Lipinski definition) is 3. The van der Waals surface area contributed by atoms with Crippen molar-refractivity contribution in [1.29, 1.82) is 0 Å². The number of methoxy groups -OCH3 is 1. The maximum absolute atomic E-state index is 11.4.